The van der Waals surface area contributed by atoms with Crippen LogP contribution < -0.4 is 15.4 Å². The lowest BCUT2D eigenvalue weighted by atomic mass is 9.93. The van der Waals surface area contributed by atoms with Crippen LogP contribution in [-0.2, 0) is 0 Å². The van der Waals surface area contributed by atoms with E-state index in [1.54, 1.807) is 19.1 Å². The summed E-state index contributed by atoms with van der Waals surface area (Å²) in [7, 11) is 1.46. The Bertz CT molecular complexity index is 524. The second kappa shape index (κ2) is 7.45. The van der Waals surface area contributed by atoms with Crippen LogP contribution >= 0.6 is 0 Å². The van der Waals surface area contributed by atoms with Crippen LogP contribution in [0.5, 0.6) is 5.75 Å². The smallest absolute Gasteiger partial charge is 0.315 e. The standard InChI is InChI=1S/C16H23FN2O3/c1-10(15-11(17)6-5-9-14(15)22-2)18-16(21)19-12-7-3-4-8-13(12)20/h5-6,9-10,12-13,20H,3-4,7-8H2,1-2H3,(H2,18,19,21)/t10-,12+,13-/m0/s1. The Morgan fingerprint density at radius 2 is 2.14 bits per heavy atom. The van der Waals surface area contributed by atoms with Gasteiger partial charge in [0.05, 0.1) is 30.9 Å². The molecule has 1 aromatic rings. The van der Waals surface area contributed by atoms with Crippen molar-refractivity contribution >= 4 is 6.03 Å². The van der Waals surface area contributed by atoms with Crippen LogP contribution in [0.25, 0.3) is 0 Å². The number of aliphatic hydroxyl groups is 1. The summed E-state index contributed by atoms with van der Waals surface area (Å²) in [5.74, 6) is -0.0321. The number of hydrogen-bond acceptors (Lipinski definition) is 3. The number of amides is 2. The first-order valence-corrected chi connectivity index (χ1v) is 7.60. The molecule has 0 aliphatic heterocycles. The molecule has 0 bridgehead atoms. The molecule has 6 heteroatoms. The quantitative estimate of drug-likeness (QED) is 0.800. The highest BCUT2D eigenvalue weighted by molar-refractivity contribution is 5.75. The van der Waals surface area contributed by atoms with E-state index in [0.29, 0.717) is 17.7 Å². The molecule has 22 heavy (non-hydrogen) atoms. The molecule has 1 fully saturated rings. The van der Waals surface area contributed by atoms with Crippen molar-refractivity contribution in [1.82, 2.24) is 10.6 Å². The number of rotatable bonds is 4. The number of carbonyl (C=O) groups excluding carboxylic acids is 1. The Hall–Kier alpha value is -1.82. The molecule has 0 radical (unpaired) electrons. The Morgan fingerprint density at radius 3 is 2.82 bits per heavy atom. The summed E-state index contributed by atoms with van der Waals surface area (Å²) in [4.78, 5) is 12.1. The Labute approximate surface area is 129 Å². The molecule has 1 aromatic carbocycles. The minimum atomic E-state index is -0.545. The molecule has 1 aliphatic rings. The average Bonchev–Trinajstić information content (AvgIpc) is 2.49. The normalized spacial score (nSPS) is 22.7. The maximum Gasteiger partial charge on any atom is 0.315 e. The van der Waals surface area contributed by atoms with E-state index in [1.807, 2.05) is 0 Å². The fourth-order valence-electron chi connectivity index (χ4n) is 2.87. The number of ether oxygens (including phenoxy) is 1. The molecule has 0 unspecified atom stereocenters. The number of urea groups is 1. The fourth-order valence-corrected chi connectivity index (χ4v) is 2.87. The predicted molar refractivity (Wildman–Crippen MR) is 81.3 cm³/mol. The number of aliphatic hydroxyl groups excluding tert-OH is 1. The van der Waals surface area contributed by atoms with Crippen LogP contribution in [0.1, 0.15) is 44.2 Å². The third-order valence-electron chi connectivity index (χ3n) is 4.06. The van der Waals surface area contributed by atoms with Crippen LogP contribution in [-0.4, -0.2) is 30.4 Å². The van der Waals surface area contributed by atoms with Crippen LogP contribution in [0.4, 0.5) is 9.18 Å². The zero-order chi connectivity index (χ0) is 16.1. The SMILES string of the molecule is COc1cccc(F)c1[C@H](C)NC(=O)N[C@@H]1CCCC[C@@H]1O. The topological polar surface area (TPSA) is 70.6 Å². The lowest BCUT2D eigenvalue weighted by molar-refractivity contribution is 0.0940. The van der Waals surface area contributed by atoms with Crippen LogP contribution in [0.3, 0.4) is 0 Å². The van der Waals surface area contributed by atoms with E-state index >= 15 is 0 Å². The fraction of sp³-hybridized carbons (Fsp3) is 0.562. The number of nitrogens with one attached hydrogen (secondary N) is 2. The van der Waals surface area contributed by atoms with Crippen LogP contribution in [0.15, 0.2) is 18.2 Å². The molecule has 122 valence electrons. The van der Waals surface area contributed by atoms with Gasteiger partial charge in [-0.2, -0.15) is 0 Å². The lowest BCUT2D eigenvalue weighted by Gasteiger charge is -2.29. The molecule has 0 heterocycles. The molecule has 3 N–H and O–H groups in total. The second-order valence-corrected chi connectivity index (χ2v) is 5.65. The highest BCUT2D eigenvalue weighted by Gasteiger charge is 2.25. The molecule has 2 rings (SSSR count). The van der Waals surface area contributed by atoms with E-state index < -0.39 is 24.0 Å². The van der Waals surface area contributed by atoms with Gasteiger partial charge in [0.1, 0.15) is 11.6 Å². The van der Waals surface area contributed by atoms with Gasteiger partial charge in [-0.05, 0) is 31.9 Å². The molecular weight excluding hydrogens is 287 g/mol. The number of carbonyl (C=O) groups is 1. The highest BCUT2D eigenvalue weighted by atomic mass is 19.1. The lowest BCUT2D eigenvalue weighted by Crippen LogP contribution is -2.49. The zero-order valence-electron chi connectivity index (χ0n) is 12.9. The zero-order valence-corrected chi connectivity index (χ0v) is 12.9. The van der Waals surface area contributed by atoms with Crippen molar-refractivity contribution in [2.75, 3.05) is 7.11 Å². The number of methoxy groups -OCH3 is 1. The van der Waals surface area contributed by atoms with Gasteiger partial charge in [-0.3, -0.25) is 0 Å². The molecule has 1 aliphatic carbocycles. The summed E-state index contributed by atoms with van der Waals surface area (Å²) < 4.78 is 19.1. The van der Waals surface area contributed by atoms with Gasteiger partial charge in [0.15, 0.2) is 0 Å². The van der Waals surface area contributed by atoms with Crippen LogP contribution in [0.2, 0.25) is 0 Å². The van der Waals surface area contributed by atoms with Gasteiger partial charge in [-0.15, -0.1) is 0 Å². The Balaban J connectivity index is 1.99. The predicted octanol–water partition coefficient (Wildman–Crippen LogP) is 2.50. The maximum atomic E-state index is 14.0. The molecule has 1 saturated carbocycles. The third-order valence-corrected chi connectivity index (χ3v) is 4.06. The molecule has 0 spiro atoms. The molecule has 0 saturated heterocycles. The molecule has 3 atom stereocenters. The summed E-state index contributed by atoms with van der Waals surface area (Å²) in [6, 6.07) is 3.34. The summed E-state index contributed by atoms with van der Waals surface area (Å²) in [6.45, 7) is 1.69. The van der Waals surface area contributed by atoms with Gasteiger partial charge in [0.25, 0.3) is 0 Å². The van der Waals surface area contributed by atoms with E-state index in [0.717, 1.165) is 19.3 Å². The van der Waals surface area contributed by atoms with Gasteiger partial charge < -0.3 is 20.5 Å². The average molecular weight is 310 g/mol. The van der Waals surface area contributed by atoms with Crippen molar-refractivity contribution in [1.29, 1.82) is 0 Å². The van der Waals surface area contributed by atoms with Gasteiger partial charge >= 0.3 is 6.03 Å². The first-order chi connectivity index (χ1) is 10.5. The minimum Gasteiger partial charge on any atom is -0.496 e. The summed E-state index contributed by atoms with van der Waals surface area (Å²) in [5, 5.41) is 15.3. The highest BCUT2D eigenvalue weighted by Crippen LogP contribution is 2.27. The molecule has 5 nitrogen and oxygen atoms in total. The third kappa shape index (κ3) is 3.88. The van der Waals surface area contributed by atoms with Crippen molar-refractivity contribution in [3.05, 3.63) is 29.6 Å². The van der Waals surface area contributed by atoms with Crippen molar-refractivity contribution in [3.8, 4) is 5.75 Å². The van der Waals surface area contributed by atoms with E-state index in [2.05, 4.69) is 10.6 Å². The monoisotopic (exact) mass is 310 g/mol. The second-order valence-electron chi connectivity index (χ2n) is 5.65. The van der Waals surface area contributed by atoms with Crippen molar-refractivity contribution < 1.29 is 19.0 Å². The molecular formula is C16H23FN2O3. The van der Waals surface area contributed by atoms with Gasteiger partial charge in [-0.1, -0.05) is 18.9 Å². The number of hydrogen-bond donors (Lipinski definition) is 3. The summed E-state index contributed by atoms with van der Waals surface area (Å²) in [6.07, 6.45) is 2.90. The molecule has 2 amide bonds. The summed E-state index contributed by atoms with van der Waals surface area (Å²) in [5.41, 5.74) is 0.310. The van der Waals surface area contributed by atoms with Crippen molar-refractivity contribution in [2.24, 2.45) is 0 Å². The van der Waals surface area contributed by atoms with E-state index in [9.17, 15) is 14.3 Å². The molecule has 0 aromatic heterocycles. The van der Waals surface area contributed by atoms with E-state index in [4.69, 9.17) is 4.74 Å². The summed E-state index contributed by atoms with van der Waals surface area (Å²) >= 11 is 0. The number of benzene rings is 1. The van der Waals surface area contributed by atoms with Gasteiger partial charge in [0, 0.05) is 0 Å². The minimum absolute atomic E-state index is 0.247. The first-order valence-electron chi connectivity index (χ1n) is 7.60. The van der Waals surface area contributed by atoms with E-state index in [-0.39, 0.29) is 6.04 Å². The van der Waals surface area contributed by atoms with Crippen LogP contribution in [0, 0.1) is 5.82 Å². The Morgan fingerprint density at radius 1 is 1.41 bits per heavy atom. The Kier molecular flexibility index (Phi) is 5.60. The van der Waals surface area contributed by atoms with Crippen molar-refractivity contribution in [2.45, 2.75) is 50.8 Å². The number of halogens is 1. The largest absolute Gasteiger partial charge is 0.496 e. The maximum absolute atomic E-state index is 14.0. The first kappa shape index (κ1) is 16.5. The van der Waals surface area contributed by atoms with Crippen molar-refractivity contribution in [3.63, 3.8) is 0 Å². The van der Waals surface area contributed by atoms with Gasteiger partial charge in [-0.25, -0.2) is 9.18 Å². The van der Waals surface area contributed by atoms with Gasteiger partial charge in [0.2, 0.25) is 0 Å². The van der Waals surface area contributed by atoms with E-state index in [1.165, 1.54) is 13.2 Å².